The molecule has 2 aliphatic rings. The predicted octanol–water partition coefficient (Wildman–Crippen LogP) is 3.87. The minimum atomic E-state index is -0.622. The fourth-order valence-corrected chi connectivity index (χ4v) is 4.07. The van der Waals surface area contributed by atoms with Gasteiger partial charge in [0, 0.05) is 17.0 Å². The zero-order chi connectivity index (χ0) is 20.3. The first kappa shape index (κ1) is 19.7. The van der Waals surface area contributed by atoms with Crippen molar-refractivity contribution in [3.63, 3.8) is 0 Å². The highest BCUT2D eigenvalue weighted by Gasteiger charge is 2.53. The van der Waals surface area contributed by atoms with Gasteiger partial charge in [-0.05, 0) is 71.0 Å². The molecule has 0 bridgehead atoms. The van der Waals surface area contributed by atoms with Crippen LogP contribution in [0.5, 0.6) is 0 Å². The molecule has 1 aromatic carbocycles. The van der Waals surface area contributed by atoms with E-state index in [1.54, 1.807) is 4.68 Å². The lowest BCUT2D eigenvalue weighted by molar-refractivity contribution is -0.0367. The highest BCUT2D eigenvalue weighted by molar-refractivity contribution is 6.66. The second-order valence-corrected chi connectivity index (χ2v) is 9.01. The molecule has 0 radical (unpaired) electrons. The zero-order valence-corrected chi connectivity index (χ0v) is 17.8. The van der Waals surface area contributed by atoms with Crippen molar-refractivity contribution in [1.82, 2.24) is 9.78 Å². The molecule has 2 saturated heterocycles. The summed E-state index contributed by atoms with van der Waals surface area (Å²) >= 11 is 6.60. The van der Waals surface area contributed by atoms with Crippen molar-refractivity contribution in [2.45, 2.75) is 71.3 Å². The number of rotatable bonds is 2. The van der Waals surface area contributed by atoms with Crippen LogP contribution in [0, 0.1) is 18.3 Å². The van der Waals surface area contributed by atoms with Gasteiger partial charge in [-0.25, -0.2) is 4.68 Å². The van der Waals surface area contributed by atoms with Gasteiger partial charge in [-0.2, -0.15) is 10.4 Å². The second-order valence-electron chi connectivity index (χ2n) is 8.61. The first-order valence-electron chi connectivity index (χ1n) is 9.75. The van der Waals surface area contributed by atoms with Crippen molar-refractivity contribution in [3.8, 4) is 6.07 Å². The van der Waals surface area contributed by atoms with Crippen molar-refractivity contribution in [1.29, 1.82) is 5.26 Å². The Morgan fingerprint density at radius 3 is 2.50 bits per heavy atom. The van der Waals surface area contributed by atoms with Crippen molar-refractivity contribution in [2.24, 2.45) is 0 Å². The molecule has 8 heteroatoms. The van der Waals surface area contributed by atoms with Crippen molar-refractivity contribution >= 4 is 35.1 Å². The first-order valence-corrected chi connectivity index (χ1v) is 10.1. The van der Waals surface area contributed by atoms with Gasteiger partial charge in [0.2, 0.25) is 0 Å². The minimum Gasteiger partial charge on any atom is -0.399 e. The number of hydrogen-bond donors (Lipinski definition) is 0. The number of ether oxygens (including phenoxy) is 1. The number of nitriles is 1. The zero-order valence-electron chi connectivity index (χ0n) is 17.0. The van der Waals surface area contributed by atoms with Gasteiger partial charge in [0.1, 0.15) is 6.07 Å². The third-order valence-electron chi connectivity index (χ3n) is 6.27. The van der Waals surface area contributed by atoms with E-state index >= 15 is 0 Å². The van der Waals surface area contributed by atoms with Gasteiger partial charge in [-0.1, -0.05) is 11.6 Å². The monoisotopic (exact) mass is 401 g/mol. The number of halogens is 1. The predicted molar refractivity (Wildman–Crippen MR) is 109 cm³/mol. The van der Waals surface area contributed by atoms with E-state index in [9.17, 15) is 5.26 Å². The van der Waals surface area contributed by atoms with Crippen molar-refractivity contribution in [3.05, 3.63) is 22.3 Å². The maximum absolute atomic E-state index is 9.80. The molecular formula is C20H25BClN3O3. The van der Waals surface area contributed by atoms with E-state index in [4.69, 9.17) is 25.6 Å². The summed E-state index contributed by atoms with van der Waals surface area (Å²) in [7, 11) is -0.622. The van der Waals surface area contributed by atoms with E-state index in [1.807, 2.05) is 40.7 Å². The topological polar surface area (TPSA) is 69.3 Å². The van der Waals surface area contributed by atoms with Gasteiger partial charge < -0.3 is 14.0 Å². The Hall–Kier alpha value is -1.59. The SMILES string of the molecule is Cc1c(Cl)cc2c(c(C#N)nn2C2CCCCO2)c1B1OC(C)(C)C(C)(C)O1. The molecule has 0 spiro atoms. The normalized spacial score (nSPS) is 23.9. The van der Waals surface area contributed by atoms with Crippen LogP contribution in [-0.2, 0) is 14.0 Å². The largest absolute Gasteiger partial charge is 0.495 e. The van der Waals surface area contributed by atoms with Crippen LogP contribution in [0.2, 0.25) is 5.02 Å². The molecule has 1 atom stereocenters. The average molecular weight is 402 g/mol. The molecule has 148 valence electrons. The van der Waals surface area contributed by atoms with Crippen molar-refractivity contribution in [2.75, 3.05) is 6.61 Å². The van der Waals surface area contributed by atoms with Gasteiger partial charge in [-0.15, -0.1) is 0 Å². The minimum absolute atomic E-state index is 0.191. The second kappa shape index (κ2) is 6.74. The summed E-state index contributed by atoms with van der Waals surface area (Å²) < 4.78 is 20.3. The number of hydrogen-bond acceptors (Lipinski definition) is 5. The standard InChI is InChI=1S/C20H25BClN3O3/c1-12-13(22)10-15-17(18(12)21-27-19(2,3)20(4,5)28-21)14(11-23)24-25(15)16-8-6-7-9-26-16/h10,16H,6-9H2,1-5H3. The Bertz CT molecular complexity index is 957. The number of fused-ring (bicyclic) bond motifs is 1. The van der Waals surface area contributed by atoms with Gasteiger partial charge in [0.05, 0.1) is 16.7 Å². The van der Waals surface area contributed by atoms with E-state index in [0.29, 0.717) is 17.3 Å². The molecule has 28 heavy (non-hydrogen) atoms. The van der Waals surface area contributed by atoms with E-state index < -0.39 is 18.3 Å². The highest BCUT2D eigenvalue weighted by Crippen LogP contribution is 2.39. The van der Waals surface area contributed by atoms with Gasteiger partial charge in [-0.3, -0.25) is 0 Å². The fraction of sp³-hybridized carbons (Fsp3) is 0.600. The van der Waals surface area contributed by atoms with Gasteiger partial charge in [0.25, 0.3) is 0 Å². The Morgan fingerprint density at radius 2 is 1.93 bits per heavy atom. The maximum Gasteiger partial charge on any atom is 0.495 e. The van der Waals surface area contributed by atoms with Crippen LogP contribution in [0.15, 0.2) is 6.07 Å². The van der Waals surface area contributed by atoms with E-state index in [1.165, 1.54) is 0 Å². The lowest BCUT2D eigenvalue weighted by Gasteiger charge is -2.32. The highest BCUT2D eigenvalue weighted by atomic mass is 35.5. The molecule has 2 aliphatic heterocycles. The third-order valence-corrected chi connectivity index (χ3v) is 6.66. The summed E-state index contributed by atoms with van der Waals surface area (Å²) in [6, 6.07) is 4.11. The molecule has 3 heterocycles. The van der Waals surface area contributed by atoms with Crippen LogP contribution in [0.25, 0.3) is 10.9 Å². The summed E-state index contributed by atoms with van der Waals surface area (Å²) in [5, 5.41) is 15.7. The smallest absolute Gasteiger partial charge is 0.399 e. The van der Waals surface area contributed by atoms with Crippen molar-refractivity contribution < 1.29 is 14.0 Å². The van der Waals surface area contributed by atoms with Gasteiger partial charge in [0.15, 0.2) is 11.9 Å². The summed E-state index contributed by atoms with van der Waals surface area (Å²) in [6.07, 6.45) is 2.78. The van der Waals surface area contributed by atoms with Gasteiger partial charge >= 0.3 is 7.12 Å². The maximum atomic E-state index is 9.80. The summed E-state index contributed by atoms with van der Waals surface area (Å²) in [6.45, 7) is 10.7. The molecule has 1 unspecified atom stereocenters. The van der Waals surface area contributed by atoms with Crippen LogP contribution in [-0.4, -0.2) is 34.7 Å². The molecule has 6 nitrogen and oxygen atoms in total. The number of nitrogens with zero attached hydrogens (tertiary/aromatic N) is 3. The molecule has 0 N–H and O–H groups in total. The fourth-order valence-electron chi connectivity index (χ4n) is 3.87. The molecule has 4 rings (SSSR count). The van der Waals surface area contributed by atoms with E-state index in [2.05, 4.69) is 11.2 Å². The lowest BCUT2D eigenvalue weighted by atomic mass is 9.73. The van der Waals surface area contributed by atoms with E-state index in [-0.39, 0.29) is 6.23 Å². The summed E-state index contributed by atoms with van der Waals surface area (Å²) in [4.78, 5) is 0. The Kier molecular flexibility index (Phi) is 4.75. The van der Waals surface area contributed by atoms with E-state index in [0.717, 1.165) is 41.2 Å². The molecule has 2 aromatic rings. The first-order chi connectivity index (χ1) is 13.2. The average Bonchev–Trinajstić information content (AvgIpc) is 3.10. The summed E-state index contributed by atoms with van der Waals surface area (Å²) in [5.74, 6) is 0. The van der Waals surface area contributed by atoms with Crippen LogP contribution in [0.1, 0.15) is 64.4 Å². The quantitative estimate of drug-likeness (QED) is 0.715. The Labute approximate surface area is 170 Å². The molecule has 0 saturated carbocycles. The summed E-state index contributed by atoms with van der Waals surface area (Å²) in [5.41, 5.74) is 1.76. The molecule has 1 aromatic heterocycles. The van der Waals surface area contributed by atoms with Crippen LogP contribution in [0.3, 0.4) is 0 Å². The lowest BCUT2D eigenvalue weighted by Crippen LogP contribution is -2.41. The molecule has 2 fully saturated rings. The number of benzene rings is 1. The number of aromatic nitrogens is 2. The molecule has 0 amide bonds. The third kappa shape index (κ3) is 2.95. The molecule has 0 aliphatic carbocycles. The molecular weight excluding hydrogens is 377 g/mol. The van der Waals surface area contributed by atoms with Crippen LogP contribution >= 0.6 is 11.6 Å². The Balaban J connectivity index is 1.93. The van der Waals surface area contributed by atoms with Crippen LogP contribution in [0.4, 0.5) is 0 Å². The Morgan fingerprint density at radius 1 is 1.25 bits per heavy atom. The van der Waals surface area contributed by atoms with Crippen LogP contribution < -0.4 is 5.46 Å².